The van der Waals surface area contributed by atoms with E-state index < -0.39 is 0 Å². The van der Waals surface area contributed by atoms with Gasteiger partial charge in [0.25, 0.3) is 0 Å². The maximum Gasteiger partial charge on any atom is 0.124 e. The van der Waals surface area contributed by atoms with Gasteiger partial charge in [-0.05, 0) is 31.2 Å². The molecule has 0 radical (unpaired) electrons. The van der Waals surface area contributed by atoms with Gasteiger partial charge in [0.1, 0.15) is 18.2 Å². The Kier molecular flexibility index (Phi) is 1.26. The van der Waals surface area contributed by atoms with Gasteiger partial charge in [-0.25, -0.2) is 4.39 Å². The van der Waals surface area contributed by atoms with Crippen LogP contribution in [0, 0.1) is 5.82 Å². The van der Waals surface area contributed by atoms with Crippen molar-refractivity contribution < 1.29 is 9.13 Å². The monoisotopic (exact) mass is 179 g/mol. The van der Waals surface area contributed by atoms with Gasteiger partial charge in [0.2, 0.25) is 0 Å². The summed E-state index contributed by atoms with van der Waals surface area (Å²) in [5.74, 6) is 0.644. The number of hydrogen-bond acceptors (Lipinski definition) is 2. The SMILES string of the molecule is Fc1ccc2c(c1)[C@]1(CCN1)CO2. The van der Waals surface area contributed by atoms with E-state index in [1.165, 1.54) is 6.07 Å². The average Bonchev–Trinajstić information content (AvgIpc) is 2.41. The lowest BCUT2D eigenvalue weighted by atomic mass is 9.83. The van der Waals surface area contributed by atoms with Gasteiger partial charge in [-0.2, -0.15) is 0 Å². The van der Waals surface area contributed by atoms with Gasteiger partial charge in [-0.1, -0.05) is 0 Å². The van der Waals surface area contributed by atoms with Crippen LogP contribution in [-0.4, -0.2) is 13.2 Å². The highest BCUT2D eigenvalue weighted by Crippen LogP contribution is 2.42. The van der Waals surface area contributed by atoms with Gasteiger partial charge in [0.15, 0.2) is 0 Å². The molecule has 1 spiro atoms. The molecule has 3 rings (SSSR count). The van der Waals surface area contributed by atoms with E-state index in [9.17, 15) is 4.39 Å². The van der Waals surface area contributed by atoms with Gasteiger partial charge < -0.3 is 10.1 Å². The van der Waals surface area contributed by atoms with Crippen molar-refractivity contribution in [2.75, 3.05) is 13.2 Å². The van der Waals surface area contributed by atoms with E-state index in [4.69, 9.17) is 4.74 Å². The summed E-state index contributed by atoms with van der Waals surface area (Å²) in [7, 11) is 0. The van der Waals surface area contributed by atoms with Crippen molar-refractivity contribution in [3.05, 3.63) is 29.6 Å². The minimum absolute atomic E-state index is 0.0720. The van der Waals surface area contributed by atoms with Crippen molar-refractivity contribution >= 4 is 0 Å². The molecule has 68 valence electrons. The van der Waals surface area contributed by atoms with Gasteiger partial charge in [-0.3, -0.25) is 0 Å². The van der Waals surface area contributed by atoms with Crippen LogP contribution in [0.1, 0.15) is 12.0 Å². The van der Waals surface area contributed by atoms with Crippen molar-refractivity contribution in [3.63, 3.8) is 0 Å². The van der Waals surface area contributed by atoms with Crippen molar-refractivity contribution in [1.29, 1.82) is 0 Å². The Morgan fingerprint density at radius 1 is 1.46 bits per heavy atom. The highest BCUT2D eigenvalue weighted by molar-refractivity contribution is 5.44. The molecule has 13 heavy (non-hydrogen) atoms. The fraction of sp³-hybridized carbons (Fsp3) is 0.400. The predicted molar refractivity (Wildman–Crippen MR) is 46.2 cm³/mol. The van der Waals surface area contributed by atoms with Gasteiger partial charge in [-0.15, -0.1) is 0 Å². The van der Waals surface area contributed by atoms with Crippen LogP contribution < -0.4 is 10.1 Å². The molecule has 1 aromatic carbocycles. The minimum Gasteiger partial charge on any atom is -0.491 e. The summed E-state index contributed by atoms with van der Waals surface area (Å²) in [6.45, 7) is 1.64. The maximum absolute atomic E-state index is 13.0. The first-order chi connectivity index (χ1) is 6.30. The molecule has 2 aliphatic rings. The first-order valence-electron chi connectivity index (χ1n) is 4.48. The van der Waals surface area contributed by atoms with Crippen molar-refractivity contribution in [2.45, 2.75) is 12.0 Å². The number of nitrogens with one attached hydrogen (secondary N) is 1. The second-order valence-electron chi connectivity index (χ2n) is 3.69. The zero-order valence-corrected chi connectivity index (χ0v) is 7.14. The lowest BCUT2D eigenvalue weighted by Crippen LogP contribution is -2.55. The molecule has 1 saturated heterocycles. The molecule has 0 aromatic heterocycles. The van der Waals surface area contributed by atoms with Crippen molar-refractivity contribution in [3.8, 4) is 5.75 Å². The normalized spacial score (nSPS) is 29.6. The molecule has 2 heterocycles. The lowest BCUT2D eigenvalue weighted by Gasteiger charge is -2.38. The van der Waals surface area contributed by atoms with Crippen LogP contribution in [0.5, 0.6) is 5.75 Å². The summed E-state index contributed by atoms with van der Waals surface area (Å²) in [5, 5.41) is 3.31. The second kappa shape index (κ2) is 2.23. The number of ether oxygens (including phenoxy) is 1. The summed E-state index contributed by atoms with van der Waals surface area (Å²) in [6, 6.07) is 4.73. The van der Waals surface area contributed by atoms with Crippen LogP contribution in [0.25, 0.3) is 0 Å². The van der Waals surface area contributed by atoms with E-state index >= 15 is 0 Å². The highest BCUT2D eigenvalue weighted by Gasteiger charge is 2.45. The molecule has 3 heteroatoms. The molecule has 0 bridgehead atoms. The molecule has 1 N–H and O–H groups in total. The third-order valence-electron chi connectivity index (χ3n) is 2.95. The number of hydrogen-bond donors (Lipinski definition) is 1. The number of benzene rings is 1. The fourth-order valence-electron chi connectivity index (χ4n) is 2.06. The van der Waals surface area contributed by atoms with Gasteiger partial charge in [0.05, 0.1) is 5.54 Å². The van der Waals surface area contributed by atoms with E-state index in [2.05, 4.69) is 5.32 Å². The van der Waals surface area contributed by atoms with Gasteiger partial charge >= 0.3 is 0 Å². The smallest absolute Gasteiger partial charge is 0.124 e. The van der Waals surface area contributed by atoms with Crippen LogP contribution in [0.15, 0.2) is 18.2 Å². The molecule has 1 fully saturated rings. The Morgan fingerprint density at radius 2 is 2.31 bits per heavy atom. The average molecular weight is 179 g/mol. The number of rotatable bonds is 0. The van der Waals surface area contributed by atoms with Gasteiger partial charge in [0, 0.05) is 5.56 Å². The van der Waals surface area contributed by atoms with E-state index in [1.807, 2.05) is 0 Å². The Balaban J connectivity index is 2.14. The summed E-state index contributed by atoms with van der Waals surface area (Å²) in [5.41, 5.74) is 0.913. The lowest BCUT2D eigenvalue weighted by molar-refractivity contribution is 0.154. The maximum atomic E-state index is 13.0. The molecule has 2 aliphatic heterocycles. The zero-order chi connectivity index (χ0) is 8.89. The van der Waals surface area contributed by atoms with Crippen LogP contribution in [0.4, 0.5) is 4.39 Å². The Bertz CT molecular complexity index is 360. The molecule has 0 saturated carbocycles. The summed E-state index contributed by atoms with van der Waals surface area (Å²) >= 11 is 0. The standard InChI is InChI=1S/C10H10FNO/c11-7-1-2-9-8(5-7)10(6-13-9)3-4-12-10/h1-2,5,12H,3-4,6H2/t10-/m0/s1. The Morgan fingerprint density at radius 3 is 3.00 bits per heavy atom. The Hall–Kier alpha value is -1.09. The highest BCUT2D eigenvalue weighted by atomic mass is 19.1. The molecular weight excluding hydrogens is 169 g/mol. The van der Waals surface area contributed by atoms with E-state index in [0.29, 0.717) is 6.61 Å². The summed E-state index contributed by atoms with van der Waals surface area (Å²) in [4.78, 5) is 0. The van der Waals surface area contributed by atoms with Crippen LogP contribution in [0.3, 0.4) is 0 Å². The second-order valence-corrected chi connectivity index (χ2v) is 3.69. The first kappa shape index (κ1) is 7.33. The molecule has 0 unspecified atom stereocenters. The third-order valence-corrected chi connectivity index (χ3v) is 2.95. The molecule has 2 nitrogen and oxygen atoms in total. The minimum atomic E-state index is -0.183. The van der Waals surface area contributed by atoms with E-state index in [1.54, 1.807) is 12.1 Å². The van der Waals surface area contributed by atoms with Crippen molar-refractivity contribution in [1.82, 2.24) is 5.32 Å². The summed E-state index contributed by atoms with van der Waals surface area (Å²) < 4.78 is 18.5. The van der Waals surface area contributed by atoms with E-state index in [-0.39, 0.29) is 11.4 Å². The first-order valence-corrected chi connectivity index (χ1v) is 4.48. The number of halogens is 1. The van der Waals surface area contributed by atoms with Crippen LogP contribution >= 0.6 is 0 Å². The molecule has 1 aromatic rings. The largest absolute Gasteiger partial charge is 0.491 e. The third kappa shape index (κ3) is 0.851. The number of fused-ring (bicyclic) bond motifs is 2. The Labute approximate surface area is 75.7 Å². The van der Waals surface area contributed by atoms with Crippen molar-refractivity contribution in [2.24, 2.45) is 0 Å². The molecule has 0 aliphatic carbocycles. The predicted octanol–water partition coefficient (Wildman–Crippen LogP) is 1.41. The molecule has 1 atom stereocenters. The summed E-state index contributed by atoms with van der Waals surface area (Å²) in [6.07, 6.45) is 1.05. The molecule has 0 amide bonds. The zero-order valence-electron chi connectivity index (χ0n) is 7.14. The van der Waals surface area contributed by atoms with Crippen LogP contribution in [0.2, 0.25) is 0 Å². The fourth-order valence-corrected chi connectivity index (χ4v) is 2.06. The topological polar surface area (TPSA) is 21.3 Å². The molecular formula is C10H10FNO. The quantitative estimate of drug-likeness (QED) is 0.650. The van der Waals surface area contributed by atoms with E-state index in [0.717, 1.165) is 24.3 Å². The van der Waals surface area contributed by atoms with Crippen LogP contribution in [-0.2, 0) is 5.54 Å².